The molecule has 0 fully saturated rings. The summed E-state index contributed by atoms with van der Waals surface area (Å²) < 4.78 is 11.5. The highest BCUT2D eigenvalue weighted by Crippen LogP contribution is 2.23. The molecule has 0 aromatic heterocycles. The van der Waals surface area contributed by atoms with E-state index in [0.29, 0.717) is 6.61 Å². The van der Waals surface area contributed by atoms with Crippen LogP contribution in [0.1, 0.15) is 29.5 Å². The van der Waals surface area contributed by atoms with E-state index in [0.717, 1.165) is 37.2 Å². The van der Waals surface area contributed by atoms with E-state index in [2.05, 4.69) is 42.5 Å². The van der Waals surface area contributed by atoms with Gasteiger partial charge in [0.1, 0.15) is 18.1 Å². The molecule has 0 spiro atoms. The number of ether oxygens (including phenoxy) is 2. The second kappa shape index (κ2) is 9.67. The predicted molar refractivity (Wildman–Crippen MR) is 107 cm³/mol. The monoisotopic (exact) mass is 346 g/mol. The number of rotatable bonds is 9. The van der Waals surface area contributed by atoms with Gasteiger partial charge in [0.2, 0.25) is 0 Å². The third-order valence-corrected chi connectivity index (χ3v) is 4.54. The minimum Gasteiger partial charge on any atom is -0.496 e. The van der Waals surface area contributed by atoms with Crippen LogP contribution >= 0.6 is 0 Å². The fraction of sp³-hybridized carbons (Fsp3) is 0.250. The van der Waals surface area contributed by atoms with Gasteiger partial charge < -0.3 is 9.47 Å². The van der Waals surface area contributed by atoms with Crippen LogP contribution in [0.2, 0.25) is 0 Å². The maximum Gasteiger partial charge on any atom is 0.122 e. The Morgan fingerprint density at radius 2 is 1.15 bits per heavy atom. The van der Waals surface area contributed by atoms with Crippen molar-refractivity contribution in [1.29, 1.82) is 0 Å². The van der Waals surface area contributed by atoms with Gasteiger partial charge in [-0.1, -0.05) is 66.7 Å². The molecule has 0 amide bonds. The van der Waals surface area contributed by atoms with E-state index >= 15 is 0 Å². The molecule has 3 aromatic rings. The van der Waals surface area contributed by atoms with Gasteiger partial charge in [-0.15, -0.1) is 0 Å². The topological polar surface area (TPSA) is 18.5 Å². The van der Waals surface area contributed by atoms with Crippen LogP contribution in [0.5, 0.6) is 11.5 Å². The van der Waals surface area contributed by atoms with Gasteiger partial charge in [-0.05, 0) is 54.5 Å². The number of hydrogen-bond donors (Lipinski definition) is 0. The van der Waals surface area contributed by atoms with Crippen molar-refractivity contribution in [3.8, 4) is 11.5 Å². The van der Waals surface area contributed by atoms with Crippen molar-refractivity contribution >= 4 is 0 Å². The predicted octanol–water partition coefficient (Wildman–Crippen LogP) is 5.84. The Balaban J connectivity index is 1.52. The van der Waals surface area contributed by atoms with Gasteiger partial charge in [0.15, 0.2) is 0 Å². The summed E-state index contributed by atoms with van der Waals surface area (Å²) in [4.78, 5) is 0. The molecule has 0 atom stereocenters. The van der Waals surface area contributed by atoms with Crippen LogP contribution < -0.4 is 9.47 Å². The van der Waals surface area contributed by atoms with Gasteiger partial charge in [0, 0.05) is 0 Å². The summed E-state index contributed by atoms with van der Waals surface area (Å²) in [6.45, 7) is 0.610. The first-order valence-corrected chi connectivity index (χ1v) is 9.23. The van der Waals surface area contributed by atoms with Gasteiger partial charge in [-0.2, -0.15) is 0 Å². The maximum absolute atomic E-state index is 6.06. The average molecular weight is 346 g/mol. The fourth-order valence-corrected chi connectivity index (χ4v) is 3.13. The summed E-state index contributed by atoms with van der Waals surface area (Å²) in [5.74, 6) is 1.98. The summed E-state index contributed by atoms with van der Waals surface area (Å²) in [5, 5.41) is 0. The highest BCUT2D eigenvalue weighted by molar-refractivity contribution is 5.34. The molecule has 3 rings (SSSR count). The van der Waals surface area contributed by atoms with Gasteiger partial charge in [0.05, 0.1) is 7.11 Å². The summed E-state index contributed by atoms with van der Waals surface area (Å²) in [7, 11) is 1.74. The average Bonchev–Trinajstić information content (AvgIpc) is 2.71. The molecule has 0 bridgehead atoms. The third-order valence-electron chi connectivity index (χ3n) is 4.54. The molecule has 0 heterocycles. The van der Waals surface area contributed by atoms with E-state index in [1.807, 2.05) is 36.4 Å². The zero-order chi connectivity index (χ0) is 18.0. The van der Waals surface area contributed by atoms with E-state index in [1.54, 1.807) is 7.11 Å². The Morgan fingerprint density at radius 1 is 0.615 bits per heavy atom. The largest absolute Gasteiger partial charge is 0.496 e. The number of unbranched alkanes of at least 4 members (excludes halogenated alkanes) is 1. The lowest BCUT2D eigenvalue weighted by molar-refractivity contribution is 0.302. The molecule has 0 radical (unpaired) electrons. The molecule has 26 heavy (non-hydrogen) atoms. The number of benzene rings is 3. The molecule has 0 saturated heterocycles. The molecule has 0 saturated carbocycles. The number of aryl methyl sites for hydroxylation is 2. The Hall–Kier alpha value is -2.74. The SMILES string of the molecule is COc1ccccc1CCCCc1ccccc1OCc1ccccc1. The van der Waals surface area contributed by atoms with Crippen LogP contribution in [-0.2, 0) is 19.4 Å². The Labute approximate surface area is 156 Å². The Bertz CT molecular complexity index is 796. The van der Waals surface area contributed by atoms with Crippen molar-refractivity contribution in [2.75, 3.05) is 7.11 Å². The van der Waals surface area contributed by atoms with Crippen molar-refractivity contribution in [2.45, 2.75) is 32.3 Å². The third kappa shape index (κ3) is 5.13. The van der Waals surface area contributed by atoms with E-state index in [-0.39, 0.29) is 0 Å². The van der Waals surface area contributed by atoms with E-state index in [4.69, 9.17) is 9.47 Å². The normalized spacial score (nSPS) is 10.5. The summed E-state index contributed by atoms with van der Waals surface area (Å²) in [6.07, 6.45) is 4.33. The Kier molecular flexibility index (Phi) is 6.72. The first-order chi connectivity index (χ1) is 12.9. The molecule has 0 aliphatic heterocycles. The molecule has 0 aliphatic rings. The summed E-state index contributed by atoms with van der Waals surface area (Å²) in [5.41, 5.74) is 3.76. The van der Waals surface area contributed by atoms with Crippen molar-refractivity contribution in [1.82, 2.24) is 0 Å². The van der Waals surface area contributed by atoms with Gasteiger partial charge in [0.25, 0.3) is 0 Å². The minimum absolute atomic E-state index is 0.610. The second-order valence-electron chi connectivity index (χ2n) is 6.40. The van der Waals surface area contributed by atoms with Crippen LogP contribution in [0.3, 0.4) is 0 Å². The molecule has 0 aliphatic carbocycles. The summed E-state index contributed by atoms with van der Waals surface area (Å²) >= 11 is 0. The molecular formula is C24H26O2. The quantitative estimate of drug-likeness (QED) is 0.453. The standard InChI is InChI=1S/C24H26O2/c1-25-23-17-9-7-14-21(23)13-5-6-15-22-16-8-10-18-24(22)26-19-20-11-3-2-4-12-20/h2-4,7-12,14,16-18H,5-6,13,15,19H2,1H3. The minimum atomic E-state index is 0.610. The number of para-hydroxylation sites is 2. The molecule has 134 valence electrons. The molecular weight excluding hydrogens is 320 g/mol. The lowest BCUT2D eigenvalue weighted by atomic mass is 10.0. The molecule has 0 N–H and O–H groups in total. The maximum atomic E-state index is 6.06. The van der Waals surface area contributed by atoms with E-state index in [1.165, 1.54) is 16.7 Å². The van der Waals surface area contributed by atoms with Crippen molar-refractivity contribution < 1.29 is 9.47 Å². The van der Waals surface area contributed by atoms with Crippen LogP contribution in [0, 0.1) is 0 Å². The molecule has 3 aromatic carbocycles. The fourth-order valence-electron chi connectivity index (χ4n) is 3.13. The van der Waals surface area contributed by atoms with Gasteiger partial charge in [-0.25, -0.2) is 0 Å². The van der Waals surface area contributed by atoms with Gasteiger partial charge >= 0.3 is 0 Å². The lowest BCUT2D eigenvalue weighted by Gasteiger charge is -2.12. The van der Waals surface area contributed by atoms with Crippen molar-refractivity contribution in [3.05, 3.63) is 95.6 Å². The van der Waals surface area contributed by atoms with Crippen LogP contribution in [0.15, 0.2) is 78.9 Å². The highest BCUT2D eigenvalue weighted by Gasteiger charge is 2.05. The zero-order valence-corrected chi connectivity index (χ0v) is 15.4. The first kappa shape index (κ1) is 18.1. The molecule has 0 unspecified atom stereocenters. The Morgan fingerprint density at radius 3 is 1.81 bits per heavy atom. The number of methoxy groups -OCH3 is 1. The van der Waals surface area contributed by atoms with E-state index in [9.17, 15) is 0 Å². The molecule has 2 nitrogen and oxygen atoms in total. The number of hydrogen-bond acceptors (Lipinski definition) is 2. The van der Waals surface area contributed by atoms with Crippen LogP contribution in [0.25, 0.3) is 0 Å². The van der Waals surface area contributed by atoms with Crippen molar-refractivity contribution in [2.24, 2.45) is 0 Å². The second-order valence-corrected chi connectivity index (χ2v) is 6.40. The van der Waals surface area contributed by atoms with Crippen molar-refractivity contribution in [3.63, 3.8) is 0 Å². The molecule has 2 heteroatoms. The van der Waals surface area contributed by atoms with Gasteiger partial charge in [-0.3, -0.25) is 0 Å². The zero-order valence-electron chi connectivity index (χ0n) is 15.4. The van der Waals surface area contributed by atoms with E-state index < -0.39 is 0 Å². The summed E-state index contributed by atoms with van der Waals surface area (Å²) in [6, 6.07) is 26.9. The first-order valence-electron chi connectivity index (χ1n) is 9.23. The van der Waals surface area contributed by atoms with Crippen LogP contribution in [0.4, 0.5) is 0 Å². The lowest BCUT2D eigenvalue weighted by Crippen LogP contribution is -1.99. The smallest absolute Gasteiger partial charge is 0.122 e. The van der Waals surface area contributed by atoms with Crippen LogP contribution in [-0.4, -0.2) is 7.11 Å². The highest BCUT2D eigenvalue weighted by atomic mass is 16.5.